The van der Waals surface area contributed by atoms with E-state index in [0.29, 0.717) is 24.7 Å². The fourth-order valence-electron chi connectivity index (χ4n) is 2.71. The van der Waals surface area contributed by atoms with E-state index in [1.807, 2.05) is 0 Å². The number of anilines is 1. The summed E-state index contributed by atoms with van der Waals surface area (Å²) in [6.45, 7) is 1.71. The highest BCUT2D eigenvalue weighted by atomic mass is 19.1. The summed E-state index contributed by atoms with van der Waals surface area (Å²) < 4.78 is 13.6. The van der Waals surface area contributed by atoms with Crippen LogP contribution in [0.4, 0.5) is 10.1 Å². The van der Waals surface area contributed by atoms with E-state index in [1.165, 1.54) is 25.8 Å². The third kappa shape index (κ3) is 4.28. The zero-order chi connectivity index (χ0) is 15.2. The monoisotopic (exact) mass is 292 g/mol. The minimum atomic E-state index is -0.539. The summed E-state index contributed by atoms with van der Waals surface area (Å²) in [6.07, 6.45) is 4.77. The second-order valence-electron chi connectivity index (χ2n) is 5.44. The van der Waals surface area contributed by atoms with Crippen molar-refractivity contribution in [3.05, 3.63) is 29.6 Å². The fraction of sp³-hybridized carbons (Fsp3) is 0.500. The summed E-state index contributed by atoms with van der Waals surface area (Å²) in [6, 6.07) is 4.76. The first kappa shape index (κ1) is 15.5. The topological polar surface area (TPSA) is 58.2 Å². The van der Waals surface area contributed by atoms with Crippen molar-refractivity contribution < 1.29 is 14.0 Å². The lowest BCUT2D eigenvalue weighted by atomic mass is 10.1. The molecular weight excluding hydrogens is 271 g/mol. The first-order chi connectivity index (χ1) is 10.1. The summed E-state index contributed by atoms with van der Waals surface area (Å²) >= 11 is 0. The van der Waals surface area contributed by atoms with Gasteiger partial charge < -0.3 is 10.6 Å². The van der Waals surface area contributed by atoms with E-state index in [0.717, 1.165) is 12.8 Å². The molecule has 0 bridgehead atoms. The van der Waals surface area contributed by atoms with Crippen LogP contribution in [0.2, 0.25) is 0 Å². The van der Waals surface area contributed by atoms with E-state index in [-0.39, 0.29) is 17.3 Å². The van der Waals surface area contributed by atoms with E-state index < -0.39 is 5.82 Å². The lowest BCUT2D eigenvalue weighted by molar-refractivity contribution is -0.121. The summed E-state index contributed by atoms with van der Waals surface area (Å²) in [4.78, 5) is 23.2. The molecule has 0 heterocycles. The summed E-state index contributed by atoms with van der Waals surface area (Å²) in [5.41, 5.74) is 0.491. The van der Waals surface area contributed by atoms with Gasteiger partial charge in [0.2, 0.25) is 5.91 Å². The van der Waals surface area contributed by atoms with Gasteiger partial charge in [0.15, 0.2) is 5.78 Å². The number of hydrogen-bond donors (Lipinski definition) is 2. The molecule has 1 fully saturated rings. The molecule has 0 aliphatic heterocycles. The van der Waals surface area contributed by atoms with Crippen molar-refractivity contribution in [3.8, 4) is 0 Å². The summed E-state index contributed by atoms with van der Waals surface area (Å²) in [5.74, 6) is -0.871. The van der Waals surface area contributed by atoms with Gasteiger partial charge in [-0.25, -0.2) is 4.39 Å². The van der Waals surface area contributed by atoms with Gasteiger partial charge >= 0.3 is 0 Å². The second kappa shape index (κ2) is 7.20. The number of carbonyl (C=O) groups excluding carboxylic acids is 2. The number of amides is 1. The maximum Gasteiger partial charge on any atom is 0.221 e. The Bertz CT molecular complexity index is 525. The zero-order valence-corrected chi connectivity index (χ0v) is 12.2. The fourth-order valence-corrected chi connectivity index (χ4v) is 2.71. The third-order valence-corrected chi connectivity index (χ3v) is 3.75. The Balaban J connectivity index is 1.84. The van der Waals surface area contributed by atoms with Crippen molar-refractivity contribution in [1.82, 2.24) is 5.32 Å². The molecular formula is C16H21FN2O2. The zero-order valence-electron chi connectivity index (χ0n) is 12.2. The Morgan fingerprint density at radius 2 is 2.00 bits per heavy atom. The molecule has 4 nitrogen and oxygen atoms in total. The molecule has 1 aliphatic carbocycles. The van der Waals surface area contributed by atoms with E-state index in [1.54, 1.807) is 12.1 Å². The molecule has 1 amide bonds. The van der Waals surface area contributed by atoms with Gasteiger partial charge in [-0.15, -0.1) is 0 Å². The van der Waals surface area contributed by atoms with Crippen molar-refractivity contribution >= 4 is 17.4 Å². The van der Waals surface area contributed by atoms with Gasteiger partial charge in [-0.3, -0.25) is 9.59 Å². The van der Waals surface area contributed by atoms with Crippen LogP contribution in [0.1, 0.15) is 49.4 Å². The largest absolute Gasteiger partial charge is 0.384 e. The van der Waals surface area contributed by atoms with E-state index in [9.17, 15) is 14.0 Å². The Kier molecular flexibility index (Phi) is 5.31. The van der Waals surface area contributed by atoms with Crippen LogP contribution in [-0.4, -0.2) is 24.3 Å². The van der Waals surface area contributed by atoms with Crippen LogP contribution in [-0.2, 0) is 4.79 Å². The van der Waals surface area contributed by atoms with Crippen LogP contribution in [0.5, 0.6) is 0 Å². The molecule has 0 radical (unpaired) electrons. The number of halogens is 1. The Morgan fingerprint density at radius 1 is 1.29 bits per heavy atom. The predicted octanol–water partition coefficient (Wildman–Crippen LogP) is 2.89. The number of ketones is 1. The maximum absolute atomic E-state index is 13.6. The molecule has 1 aromatic rings. The smallest absolute Gasteiger partial charge is 0.221 e. The van der Waals surface area contributed by atoms with Crippen LogP contribution in [0, 0.1) is 5.82 Å². The van der Waals surface area contributed by atoms with Crippen molar-refractivity contribution in [2.24, 2.45) is 0 Å². The molecule has 2 N–H and O–H groups in total. The highest BCUT2D eigenvalue weighted by molar-refractivity contribution is 5.99. The minimum Gasteiger partial charge on any atom is -0.384 e. The second-order valence-corrected chi connectivity index (χ2v) is 5.44. The summed E-state index contributed by atoms with van der Waals surface area (Å²) in [5, 5.41) is 5.96. The molecule has 1 aromatic carbocycles. The Hall–Kier alpha value is -1.91. The molecule has 0 aromatic heterocycles. The normalized spacial score (nSPS) is 15.0. The average molecular weight is 292 g/mol. The number of hydrogen-bond acceptors (Lipinski definition) is 3. The molecule has 0 spiro atoms. The van der Waals surface area contributed by atoms with Gasteiger partial charge in [0.1, 0.15) is 5.82 Å². The van der Waals surface area contributed by atoms with Crippen molar-refractivity contribution in [3.63, 3.8) is 0 Å². The molecule has 114 valence electrons. The standard InChI is InChI=1S/C16H21FN2O2/c1-11(20)16-13(17)7-4-8-14(16)18-10-9-15(21)19-12-5-2-3-6-12/h4,7-8,12,18H,2-3,5-6,9-10H2,1H3,(H,19,21). The van der Waals surface area contributed by atoms with Gasteiger partial charge in [0, 0.05) is 24.7 Å². The number of rotatable bonds is 6. The van der Waals surface area contributed by atoms with E-state index in [2.05, 4.69) is 10.6 Å². The van der Waals surface area contributed by atoms with E-state index >= 15 is 0 Å². The average Bonchev–Trinajstić information content (AvgIpc) is 2.91. The molecule has 5 heteroatoms. The van der Waals surface area contributed by atoms with E-state index in [4.69, 9.17) is 0 Å². The molecule has 0 unspecified atom stereocenters. The van der Waals surface area contributed by atoms with Gasteiger partial charge in [0.05, 0.1) is 5.56 Å². The number of benzene rings is 1. The minimum absolute atomic E-state index is 0.00446. The highest BCUT2D eigenvalue weighted by Crippen LogP contribution is 2.20. The SMILES string of the molecule is CC(=O)c1c(F)cccc1NCCC(=O)NC1CCCC1. The van der Waals surface area contributed by atoms with Crippen LogP contribution < -0.4 is 10.6 Å². The van der Waals surface area contributed by atoms with Gasteiger partial charge in [0.25, 0.3) is 0 Å². The third-order valence-electron chi connectivity index (χ3n) is 3.75. The highest BCUT2D eigenvalue weighted by Gasteiger charge is 2.17. The molecule has 21 heavy (non-hydrogen) atoms. The molecule has 1 aliphatic rings. The summed E-state index contributed by atoms with van der Waals surface area (Å²) in [7, 11) is 0. The van der Waals surface area contributed by atoms with Crippen LogP contribution in [0.3, 0.4) is 0 Å². The maximum atomic E-state index is 13.6. The number of nitrogens with one attached hydrogen (secondary N) is 2. The molecule has 0 atom stereocenters. The molecule has 0 saturated heterocycles. The lowest BCUT2D eigenvalue weighted by Gasteiger charge is -2.13. The van der Waals surface area contributed by atoms with Crippen molar-refractivity contribution in [1.29, 1.82) is 0 Å². The first-order valence-corrected chi connectivity index (χ1v) is 7.40. The van der Waals surface area contributed by atoms with Crippen molar-refractivity contribution in [2.45, 2.75) is 45.1 Å². The van der Waals surface area contributed by atoms with Crippen LogP contribution >= 0.6 is 0 Å². The van der Waals surface area contributed by atoms with Crippen LogP contribution in [0.25, 0.3) is 0 Å². The number of Topliss-reactive ketones (excluding diaryl/α,β-unsaturated/α-hetero) is 1. The van der Waals surface area contributed by atoms with Crippen LogP contribution in [0.15, 0.2) is 18.2 Å². The quantitative estimate of drug-likeness (QED) is 0.793. The Labute approximate surface area is 124 Å². The molecule has 1 saturated carbocycles. The Morgan fingerprint density at radius 3 is 2.67 bits per heavy atom. The first-order valence-electron chi connectivity index (χ1n) is 7.40. The lowest BCUT2D eigenvalue weighted by Crippen LogP contribution is -2.33. The number of carbonyl (C=O) groups is 2. The molecule has 2 rings (SSSR count). The van der Waals surface area contributed by atoms with Gasteiger partial charge in [-0.1, -0.05) is 18.9 Å². The predicted molar refractivity (Wildman–Crippen MR) is 79.9 cm³/mol. The van der Waals surface area contributed by atoms with Gasteiger partial charge in [-0.2, -0.15) is 0 Å². The van der Waals surface area contributed by atoms with Crippen molar-refractivity contribution in [2.75, 3.05) is 11.9 Å². The van der Waals surface area contributed by atoms with Gasteiger partial charge in [-0.05, 0) is 31.9 Å².